The number of pyridine rings is 1. The van der Waals surface area contributed by atoms with Crippen molar-refractivity contribution in [3.8, 4) is 0 Å². The largest absolute Gasteiger partial charge is 0.352 e. The van der Waals surface area contributed by atoms with Crippen molar-refractivity contribution in [2.45, 2.75) is 6.42 Å². The van der Waals surface area contributed by atoms with Crippen LogP contribution in [0.15, 0.2) is 65.6 Å². The molecular weight excluding hydrogens is 330 g/mol. The Labute approximate surface area is 150 Å². The van der Waals surface area contributed by atoms with E-state index in [0.717, 1.165) is 10.8 Å². The standard InChI is InChI=1S/C20H19N3O3/c1-23-13-17(8-9-19(23)25)22-18(24)10-11-21-20(26)16-7-6-14-4-2-3-5-15(14)12-16/h2-9,12-13H,10-11H2,1H3,(H,21,26)(H,22,24). The zero-order chi connectivity index (χ0) is 18.5. The van der Waals surface area contributed by atoms with Crippen LogP contribution in [-0.4, -0.2) is 22.9 Å². The third kappa shape index (κ3) is 4.16. The number of rotatable bonds is 5. The number of nitrogens with one attached hydrogen (secondary N) is 2. The highest BCUT2D eigenvalue weighted by Gasteiger charge is 2.08. The Morgan fingerprint density at radius 1 is 1.00 bits per heavy atom. The lowest BCUT2D eigenvalue weighted by Crippen LogP contribution is -2.27. The minimum Gasteiger partial charge on any atom is -0.352 e. The summed E-state index contributed by atoms with van der Waals surface area (Å²) in [6.07, 6.45) is 1.69. The molecule has 0 spiro atoms. The zero-order valence-corrected chi connectivity index (χ0v) is 14.4. The van der Waals surface area contributed by atoms with Crippen LogP contribution in [0.4, 0.5) is 5.69 Å². The molecule has 0 radical (unpaired) electrons. The van der Waals surface area contributed by atoms with Crippen LogP contribution in [-0.2, 0) is 11.8 Å². The molecule has 6 heteroatoms. The van der Waals surface area contributed by atoms with Crippen LogP contribution >= 0.6 is 0 Å². The van der Waals surface area contributed by atoms with Crippen LogP contribution in [0, 0.1) is 0 Å². The van der Waals surface area contributed by atoms with Crippen molar-refractivity contribution in [2.24, 2.45) is 7.05 Å². The summed E-state index contributed by atoms with van der Waals surface area (Å²) in [5, 5.41) is 7.51. The minimum absolute atomic E-state index is 0.141. The van der Waals surface area contributed by atoms with Crippen molar-refractivity contribution >= 4 is 28.3 Å². The molecule has 0 atom stereocenters. The van der Waals surface area contributed by atoms with Crippen LogP contribution in [0.5, 0.6) is 0 Å². The van der Waals surface area contributed by atoms with Gasteiger partial charge in [0.05, 0.1) is 5.69 Å². The highest BCUT2D eigenvalue weighted by atomic mass is 16.2. The van der Waals surface area contributed by atoms with E-state index >= 15 is 0 Å². The molecule has 0 aliphatic rings. The van der Waals surface area contributed by atoms with Crippen LogP contribution in [0.25, 0.3) is 10.8 Å². The number of nitrogens with zero attached hydrogens (tertiary/aromatic N) is 1. The maximum absolute atomic E-state index is 12.2. The van der Waals surface area contributed by atoms with Crippen molar-refractivity contribution < 1.29 is 9.59 Å². The average molecular weight is 349 g/mol. The van der Waals surface area contributed by atoms with Gasteiger partial charge in [-0.25, -0.2) is 0 Å². The second-order valence-electron chi connectivity index (χ2n) is 5.98. The van der Waals surface area contributed by atoms with Crippen LogP contribution in [0.1, 0.15) is 16.8 Å². The molecule has 3 aromatic rings. The zero-order valence-electron chi connectivity index (χ0n) is 14.4. The Balaban J connectivity index is 1.53. The van der Waals surface area contributed by atoms with E-state index in [1.165, 1.54) is 10.6 Å². The van der Waals surface area contributed by atoms with Gasteiger partial charge < -0.3 is 15.2 Å². The quantitative estimate of drug-likeness (QED) is 0.742. The lowest BCUT2D eigenvalue weighted by atomic mass is 10.1. The molecule has 0 bridgehead atoms. The predicted molar refractivity (Wildman–Crippen MR) is 101 cm³/mol. The summed E-state index contributed by atoms with van der Waals surface area (Å²) < 4.78 is 1.39. The van der Waals surface area contributed by atoms with Crippen LogP contribution < -0.4 is 16.2 Å². The molecule has 0 saturated carbocycles. The van der Waals surface area contributed by atoms with Gasteiger partial charge in [0.2, 0.25) is 11.5 Å². The molecule has 2 amide bonds. The maximum atomic E-state index is 12.2. The van der Waals surface area contributed by atoms with Gasteiger partial charge in [-0.1, -0.05) is 30.3 Å². The smallest absolute Gasteiger partial charge is 0.251 e. The summed E-state index contributed by atoms with van der Waals surface area (Å²) in [5.41, 5.74) is 0.950. The first-order valence-corrected chi connectivity index (χ1v) is 8.26. The van der Waals surface area contributed by atoms with E-state index in [0.29, 0.717) is 11.3 Å². The van der Waals surface area contributed by atoms with E-state index in [2.05, 4.69) is 10.6 Å². The normalized spacial score (nSPS) is 10.5. The molecule has 0 aliphatic carbocycles. The molecule has 132 valence electrons. The molecule has 2 N–H and O–H groups in total. The first kappa shape index (κ1) is 17.4. The first-order chi connectivity index (χ1) is 12.5. The number of amides is 2. The van der Waals surface area contributed by atoms with Crippen molar-refractivity contribution in [2.75, 3.05) is 11.9 Å². The number of aromatic nitrogens is 1. The van der Waals surface area contributed by atoms with Gasteiger partial charge in [0, 0.05) is 37.8 Å². The Kier molecular flexibility index (Phi) is 5.12. The van der Waals surface area contributed by atoms with Gasteiger partial charge in [-0.05, 0) is 29.0 Å². The van der Waals surface area contributed by atoms with E-state index in [4.69, 9.17) is 0 Å². The van der Waals surface area contributed by atoms with Gasteiger partial charge in [0.25, 0.3) is 5.91 Å². The molecule has 0 aliphatic heterocycles. The van der Waals surface area contributed by atoms with E-state index < -0.39 is 0 Å². The predicted octanol–water partition coefficient (Wildman–Crippen LogP) is 2.30. The first-order valence-electron chi connectivity index (χ1n) is 8.26. The number of fused-ring (bicyclic) bond motifs is 1. The molecule has 0 saturated heterocycles. The third-order valence-corrected chi connectivity index (χ3v) is 4.02. The lowest BCUT2D eigenvalue weighted by molar-refractivity contribution is -0.116. The second-order valence-corrected chi connectivity index (χ2v) is 5.98. The summed E-state index contributed by atoms with van der Waals surface area (Å²) in [6, 6.07) is 16.2. The summed E-state index contributed by atoms with van der Waals surface area (Å²) >= 11 is 0. The summed E-state index contributed by atoms with van der Waals surface area (Å²) in [4.78, 5) is 35.5. The van der Waals surface area contributed by atoms with Crippen molar-refractivity contribution in [1.82, 2.24) is 9.88 Å². The average Bonchev–Trinajstić information content (AvgIpc) is 2.64. The molecule has 6 nitrogen and oxygen atoms in total. The van der Waals surface area contributed by atoms with Crippen molar-refractivity contribution in [3.63, 3.8) is 0 Å². The van der Waals surface area contributed by atoms with Gasteiger partial charge in [-0.2, -0.15) is 0 Å². The molecule has 1 heterocycles. The maximum Gasteiger partial charge on any atom is 0.251 e. The van der Waals surface area contributed by atoms with E-state index in [1.807, 2.05) is 36.4 Å². The molecule has 3 rings (SSSR count). The van der Waals surface area contributed by atoms with Gasteiger partial charge >= 0.3 is 0 Å². The Morgan fingerprint density at radius 2 is 1.77 bits per heavy atom. The third-order valence-electron chi connectivity index (χ3n) is 4.02. The monoisotopic (exact) mass is 349 g/mol. The van der Waals surface area contributed by atoms with E-state index in [-0.39, 0.29) is 30.3 Å². The number of hydrogen-bond acceptors (Lipinski definition) is 3. The number of carbonyl (C=O) groups is 2. The van der Waals surface area contributed by atoms with Crippen LogP contribution in [0.3, 0.4) is 0 Å². The van der Waals surface area contributed by atoms with Gasteiger partial charge in [0.15, 0.2) is 0 Å². The summed E-state index contributed by atoms with van der Waals surface area (Å²) in [7, 11) is 1.61. The van der Waals surface area contributed by atoms with Gasteiger partial charge in [-0.3, -0.25) is 14.4 Å². The molecule has 26 heavy (non-hydrogen) atoms. The summed E-state index contributed by atoms with van der Waals surface area (Å²) in [5.74, 6) is -0.451. The topological polar surface area (TPSA) is 80.2 Å². The summed E-state index contributed by atoms with van der Waals surface area (Å²) in [6.45, 7) is 0.225. The Hall–Kier alpha value is -3.41. The Bertz CT molecular complexity index is 1020. The number of hydrogen-bond donors (Lipinski definition) is 2. The SMILES string of the molecule is Cn1cc(NC(=O)CCNC(=O)c2ccc3ccccc3c2)ccc1=O. The van der Waals surface area contributed by atoms with E-state index in [1.54, 1.807) is 25.4 Å². The Morgan fingerprint density at radius 3 is 2.54 bits per heavy atom. The van der Waals surface area contributed by atoms with Crippen LogP contribution in [0.2, 0.25) is 0 Å². The highest BCUT2D eigenvalue weighted by Crippen LogP contribution is 2.15. The number of benzene rings is 2. The number of aryl methyl sites for hydroxylation is 1. The van der Waals surface area contributed by atoms with Crippen molar-refractivity contribution in [1.29, 1.82) is 0 Å². The molecule has 2 aromatic carbocycles. The number of carbonyl (C=O) groups excluding carboxylic acids is 2. The fraction of sp³-hybridized carbons (Fsp3) is 0.150. The highest BCUT2D eigenvalue weighted by molar-refractivity contribution is 5.99. The fourth-order valence-corrected chi connectivity index (χ4v) is 2.61. The van der Waals surface area contributed by atoms with E-state index in [9.17, 15) is 14.4 Å². The molecule has 1 aromatic heterocycles. The molecule has 0 fully saturated rings. The molecular formula is C20H19N3O3. The van der Waals surface area contributed by atoms with Gasteiger partial charge in [-0.15, -0.1) is 0 Å². The van der Waals surface area contributed by atoms with Gasteiger partial charge in [0.1, 0.15) is 0 Å². The van der Waals surface area contributed by atoms with Crippen molar-refractivity contribution in [3.05, 3.63) is 76.7 Å². The minimum atomic E-state index is -0.234. The molecule has 0 unspecified atom stereocenters. The second kappa shape index (κ2) is 7.65. The lowest BCUT2D eigenvalue weighted by Gasteiger charge is -2.08. The number of anilines is 1. The fourth-order valence-electron chi connectivity index (χ4n) is 2.61.